The van der Waals surface area contributed by atoms with Gasteiger partial charge in [-0.3, -0.25) is 0 Å². The number of hydrogen-bond donors (Lipinski definition) is 0. The van der Waals surface area contributed by atoms with Gasteiger partial charge in [0.25, 0.3) is 0 Å². The number of fused-ring (bicyclic) bond motifs is 25. The summed E-state index contributed by atoms with van der Waals surface area (Å²) in [6, 6.07) is 104. The number of para-hydroxylation sites is 4. The zero-order chi connectivity index (χ0) is 52.3. The molecule has 2 atom stereocenters. The molecular formula is C76H48N2O2. The molecule has 2 spiro atoms. The Morgan fingerprint density at radius 3 is 1.00 bits per heavy atom. The Hall–Kier alpha value is -10.2. The van der Waals surface area contributed by atoms with Gasteiger partial charge in [-0.05, 0) is 152 Å². The highest BCUT2D eigenvalue weighted by molar-refractivity contribution is 6.15. The van der Waals surface area contributed by atoms with E-state index in [2.05, 4.69) is 289 Å². The van der Waals surface area contributed by atoms with E-state index in [1.54, 1.807) is 0 Å². The van der Waals surface area contributed by atoms with E-state index in [1.807, 2.05) is 0 Å². The average Bonchev–Trinajstić information content (AvgIpc) is 3.05. The minimum atomic E-state index is -0.591. The molecule has 80 heavy (non-hydrogen) atoms. The van der Waals surface area contributed by atoms with Crippen molar-refractivity contribution in [2.75, 3.05) is 9.80 Å². The lowest BCUT2D eigenvalue weighted by Crippen LogP contribution is -2.34. The third-order valence-electron chi connectivity index (χ3n) is 18.6. The van der Waals surface area contributed by atoms with Crippen LogP contribution in [0.4, 0.5) is 34.1 Å². The Morgan fingerprint density at radius 1 is 0.263 bits per heavy atom. The third-order valence-corrected chi connectivity index (χ3v) is 18.6. The largest absolute Gasteiger partial charge is 0.456 e. The van der Waals surface area contributed by atoms with Crippen molar-refractivity contribution in [1.29, 1.82) is 0 Å². The van der Waals surface area contributed by atoms with Gasteiger partial charge < -0.3 is 18.6 Å². The van der Waals surface area contributed by atoms with Crippen LogP contribution in [0.2, 0.25) is 0 Å². The highest BCUT2D eigenvalue weighted by Gasteiger charge is 2.69. The minimum absolute atomic E-state index is 0.0151. The van der Waals surface area contributed by atoms with Crippen molar-refractivity contribution in [2.45, 2.75) is 22.7 Å². The van der Waals surface area contributed by atoms with E-state index in [1.165, 1.54) is 66.8 Å². The second kappa shape index (κ2) is 16.2. The lowest BCUT2D eigenvalue weighted by atomic mass is 9.62. The molecule has 0 bridgehead atoms. The Balaban J connectivity index is 0.957. The van der Waals surface area contributed by atoms with Crippen LogP contribution in [0.25, 0.3) is 66.1 Å². The van der Waals surface area contributed by atoms with Crippen LogP contribution < -0.4 is 9.80 Å². The van der Waals surface area contributed by atoms with Crippen LogP contribution in [0.15, 0.2) is 288 Å². The van der Waals surface area contributed by atoms with E-state index in [-0.39, 0.29) is 11.8 Å². The maximum absolute atomic E-state index is 6.61. The van der Waals surface area contributed by atoms with Gasteiger partial charge in [0, 0.05) is 45.4 Å². The first-order valence-electron chi connectivity index (χ1n) is 27.9. The molecule has 2 aromatic heterocycles. The van der Waals surface area contributed by atoms with Crippen LogP contribution in [0.1, 0.15) is 56.3 Å². The second-order valence-corrected chi connectivity index (χ2v) is 22.1. The van der Waals surface area contributed by atoms with Crippen molar-refractivity contribution in [3.8, 4) is 22.3 Å². The molecular weight excluding hydrogens is 973 g/mol. The number of benzene rings is 12. The SMILES string of the molecule is c1ccc(N(c2ccc3c(c2)C2(c4ccccc4-c4ccccc42)C2c4ccc(N(c5ccccc5)c5cccc6oc7ccccc7c56)cc4C4(c5ccccc5-c5ccccc54)C32)c2cccc3oc4ccccc4c23)cc1. The fraction of sp³-hybridized carbons (Fsp3) is 0.0526. The highest BCUT2D eigenvalue weighted by atomic mass is 16.3. The van der Waals surface area contributed by atoms with E-state index in [0.29, 0.717) is 0 Å². The second-order valence-electron chi connectivity index (χ2n) is 22.1. The van der Waals surface area contributed by atoms with Gasteiger partial charge in [-0.1, -0.05) is 194 Å². The van der Waals surface area contributed by atoms with E-state index in [0.717, 1.165) is 78.0 Å². The summed E-state index contributed by atoms with van der Waals surface area (Å²) in [7, 11) is 0. The van der Waals surface area contributed by atoms with Gasteiger partial charge in [-0.25, -0.2) is 0 Å². The van der Waals surface area contributed by atoms with E-state index < -0.39 is 10.8 Å². The topological polar surface area (TPSA) is 32.8 Å². The molecule has 2 heterocycles. The lowest BCUT2D eigenvalue weighted by Gasteiger charge is -2.38. The fourth-order valence-corrected chi connectivity index (χ4v) is 15.9. The molecule has 14 aromatic rings. The summed E-state index contributed by atoms with van der Waals surface area (Å²) in [5.41, 5.74) is 25.0. The molecule has 0 N–H and O–H groups in total. The van der Waals surface area contributed by atoms with Crippen LogP contribution in [0, 0.1) is 0 Å². The average molecular weight is 1020 g/mol. The van der Waals surface area contributed by atoms with Crippen molar-refractivity contribution >= 4 is 78.0 Å². The van der Waals surface area contributed by atoms with E-state index in [9.17, 15) is 0 Å². The zero-order valence-electron chi connectivity index (χ0n) is 43.4. The third kappa shape index (κ3) is 5.54. The van der Waals surface area contributed by atoms with E-state index >= 15 is 0 Å². The van der Waals surface area contributed by atoms with Gasteiger partial charge in [-0.2, -0.15) is 0 Å². The normalized spacial score (nSPS) is 16.2. The summed E-state index contributed by atoms with van der Waals surface area (Å²) >= 11 is 0. The summed E-state index contributed by atoms with van der Waals surface area (Å²) < 4.78 is 13.2. The molecule has 0 saturated carbocycles. The van der Waals surface area contributed by atoms with Crippen molar-refractivity contribution < 1.29 is 8.83 Å². The maximum atomic E-state index is 6.61. The Kier molecular flexibility index (Phi) is 8.89. The molecule has 0 saturated heterocycles. The Morgan fingerprint density at radius 2 is 0.600 bits per heavy atom. The number of rotatable bonds is 6. The van der Waals surface area contributed by atoms with Gasteiger partial charge in [0.1, 0.15) is 22.3 Å². The smallest absolute Gasteiger partial charge is 0.137 e. The number of hydrogen-bond acceptors (Lipinski definition) is 4. The molecule has 4 aliphatic rings. The van der Waals surface area contributed by atoms with Crippen LogP contribution in [-0.4, -0.2) is 0 Å². The molecule has 0 fully saturated rings. The first-order chi connectivity index (χ1) is 39.7. The fourth-order valence-electron chi connectivity index (χ4n) is 15.9. The predicted octanol–water partition coefficient (Wildman–Crippen LogP) is 19.9. The maximum Gasteiger partial charge on any atom is 0.137 e. The molecule has 374 valence electrons. The monoisotopic (exact) mass is 1020 g/mol. The molecule has 4 aliphatic carbocycles. The molecule has 0 amide bonds. The van der Waals surface area contributed by atoms with Gasteiger partial charge in [0.05, 0.1) is 33.0 Å². The molecule has 0 radical (unpaired) electrons. The van der Waals surface area contributed by atoms with Gasteiger partial charge in [0.15, 0.2) is 0 Å². The minimum Gasteiger partial charge on any atom is -0.456 e. The standard InChI is InChI=1S/C76H48N2O2/c1-3-21-47(22-4-1)77(65-35-19-39-69-71(65)57-29-11-17-37-67(57)79-69)49-41-43-55-63(45-49)75(59-31-13-7-25-51(59)52-26-8-14-32-60(52)75)74-56-44-42-50(46-64(56)76(73(55)74)61-33-15-9-27-53(61)54-28-10-16-34-62(54)76)78(48-23-5-2-6-24-48)66-36-20-40-70-72(66)58-30-12-18-38-68(58)80-70/h1-46,73-74H. The molecule has 18 rings (SSSR count). The van der Waals surface area contributed by atoms with Crippen molar-refractivity contribution in [1.82, 2.24) is 0 Å². The first kappa shape index (κ1) is 43.9. The molecule has 4 nitrogen and oxygen atoms in total. The molecule has 12 aromatic carbocycles. The first-order valence-corrected chi connectivity index (χ1v) is 27.9. The molecule has 4 heteroatoms. The van der Waals surface area contributed by atoms with Gasteiger partial charge in [0.2, 0.25) is 0 Å². The van der Waals surface area contributed by atoms with Crippen LogP contribution in [-0.2, 0) is 10.8 Å². The van der Waals surface area contributed by atoms with Crippen molar-refractivity contribution in [3.05, 3.63) is 324 Å². The van der Waals surface area contributed by atoms with Gasteiger partial charge >= 0.3 is 0 Å². The number of anilines is 6. The van der Waals surface area contributed by atoms with E-state index in [4.69, 9.17) is 8.83 Å². The number of furan rings is 2. The summed E-state index contributed by atoms with van der Waals surface area (Å²) in [6.45, 7) is 0. The Labute approximate surface area is 462 Å². The molecule has 0 aliphatic heterocycles. The van der Waals surface area contributed by atoms with Crippen LogP contribution in [0.3, 0.4) is 0 Å². The highest BCUT2D eigenvalue weighted by Crippen LogP contribution is 2.78. The Bertz CT molecular complexity index is 4490. The summed E-state index contributed by atoms with van der Waals surface area (Å²) in [5.74, 6) is -0.0303. The number of nitrogens with zero attached hydrogens (tertiary/aromatic N) is 2. The van der Waals surface area contributed by atoms with Crippen LogP contribution >= 0.6 is 0 Å². The van der Waals surface area contributed by atoms with Gasteiger partial charge in [-0.15, -0.1) is 0 Å². The summed E-state index contributed by atoms with van der Waals surface area (Å²) in [6.07, 6.45) is 0. The van der Waals surface area contributed by atoms with Crippen molar-refractivity contribution in [3.63, 3.8) is 0 Å². The molecule has 2 unspecified atom stereocenters. The zero-order valence-corrected chi connectivity index (χ0v) is 43.4. The van der Waals surface area contributed by atoms with Crippen molar-refractivity contribution in [2.24, 2.45) is 0 Å². The summed E-state index contributed by atoms with van der Waals surface area (Å²) in [4.78, 5) is 4.94. The quantitative estimate of drug-likeness (QED) is 0.166. The summed E-state index contributed by atoms with van der Waals surface area (Å²) in [5, 5.41) is 4.39. The lowest BCUT2D eigenvalue weighted by molar-refractivity contribution is 0.425. The predicted molar refractivity (Wildman–Crippen MR) is 326 cm³/mol. The van der Waals surface area contributed by atoms with Crippen LogP contribution in [0.5, 0.6) is 0 Å².